The zero-order valence-electron chi connectivity index (χ0n) is 18.0. The van der Waals surface area contributed by atoms with E-state index in [2.05, 4.69) is 26.5 Å². The SMILES string of the molecule is CC(=O)OCc1nnc(-c2ccc(N3CCC(C#N)(c4ccc(C(F)(F)F)cc4)CC3)nn2)o1. The Balaban J connectivity index is 1.42. The van der Waals surface area contributed by atoms with Gasteiger partial charge in [0.25, 0.3) is 11.8 Å². The highest BCUT2D eigenvalue weighted by Crippen LogP contribution is 2.38. The van der Waals surface area contributed by atoms with Crippen molar-refractivity contribution in [2.75, 3.05) is 18.0 Å². The predicted octanol–water partition coefficient (Wildman–Crippen LogP) is 3.67. The predicted molar refractivity (Wildman–Crippen MR) is 111 cm³/mol. The quantitative estimate of drug-likeness (QED) is 0.513. The second-order valence-electron chi connectivity index (χ2n) is 7.81. The lowest BCUT2D eigenvalue weighted by molar-refractivity contribution is -0.143. The van der Waals surface area contributed by atoms with Crippen LogP contribution in [0.15, 0.2) is 40.8 Å². The lowest BCUT2D eigenvalue weighted by atomic mass is 9.74. The van der Waals surface area contributed by atoms with Gasteiger partial charge in [-0.2, -0.15) is 18.4 Å². The molecule has 3 heterocycles. The number of hydrogen-bond donors (Lipinski definition) is 0. The number of halogens is 3. The van der Waals surface area contributed by atoms with Crippen molar-refractivity contribution in [1.82, 2.24) is 20.4 Å². The highest BCUT2D eigenvalue weighted by atomic mass is 19.4. The Morgan fingerprint density at radius 2 is 1.82 bits per heavy atom. The molecule has 0 aliphatic carbocycles. The van der Waals surface area contributed by atoms with Gasteiger partial charge in [0, 0.05) is 20.0 Å². The van der Waals surface area contributed by atoms with E-state index in [1.165, 1.54) is 19.1 Å². The van der Waals surface area contributed by atoms with E-state index >= 15 is 0 Å². The van der Waals surface area contributed by atoms with Gasteiger partial charge in [-0.15, -0.1) is 20.4 Å². The molecule has 0 unspecified atom stereocenters. The Morgan fingerprint density at radius 3 is 2.38 bits per heavy atom. The Hall–Kier alpha value is -4.01. The molecule has 0 atom stereocenters. The van der Waals surface area contributed by atoms with Gasteiger partial charge in [0.15, 0.2) is 12.4 Å². The zero-order chi connectivity index (χ0) is 24.3. The Kier molecular flexibility index (Phi) is 6.19. The minimum atomic E-state index is -4.42. The second-order valence-corrected chi connectivity index (χ2v) is 7.81. The highest BCUT2D eigenvalue weighted by molar-refractivity contribution is 5.65. The molecule has 176 valence electrons. The molecule has 0 spiro atoms. The first-order valence-corrected chi connectivity index (χ1v) is 10.3. The van der Waals surface area contributed by atoms with E-state index in [1.54, 1.807) is 12.1 Å². The molecular formula is C22H19F3N6O3. The Labute approximate surface area is 192 Å². The van der Waals surface area contributed by atoms with Gasteiger partial charge < -0.3 is 14.1 Å². The van der Waals surface area contributed by atoms with Gasteiger partial charge in [-0.3, -0.25) is 4.79 Å². The monoisotopic (exact) mass is 472 g/mol. The van der Waals surface area contributed by atoms with Crippen LogP contribution in [0.2, 0.25) is 0 Å². The number of anilines is 1. The van der Waals surface area contributed by atoms with Crippen LogP contribution >= 0.6 is 0 Å². The average Bonchev–Trinajstić information content (AvgIpc) is 3.32. The number of esters is 1. The van der Waals surface area contributed by atoms with E-state index in [0.717, 1.165) is 12.1 Å². The molecule has 4 rings (SSSR count). The number of aromatic nitrogens is 4. The van der Waals surface area contributed by atoms with Crippen molar-refractivity contribution in [3.05, 3.63) is 53.4 Å². The van der Waals surface area contributed by atoms with Crippen LogP contribution < -0.4 is 4.90 Å². The molecular weight excluding hydrogens is 453 g/mol. The van der Waals surface area contributed by atoms with Crippen molar-refractivity contribution in [1.29, 1.82) is 5.26 Å². The van der Waals surface area contributed by atoms with Crippen molar-refractivity contribution in [2.45, 2.75) is 38.0 Å². The molecule has 3 aromatic rings. The summed E-state index contributed by atoms with van der Waals surface area (Å²) in [5.74, 6) is 0.375. The second kappa shape index (κ2) is 9.09. The molecule has 12 heteroatoms. The number of piperidine rings is 1. The highest BCUT2D eigenvalue weighted by Gasteiger charge is 2.38. The molecule has 0 N–H and O–H groups in total. The van der Waals surface area contributed by atoms with Crippen LogP contribution in [0.1, 0.15) is 36.8 Å². The summed E-state index contributed by atoms with van der Waals surface area (Å²) in [6.45, 7) is 2.10. The summed E-state index contributed by atoms with van der Waals surface area (Å²) in [5.41, 5.74) is -0.684. The largest absolute Gasteiger partial charge is 0.456 e. The van der Waals surface area contributed by atoms with Gasteiger partial charge in [0.2, 0.25) is 0 Å². The third kappa shape index (κ3) is 4.83. The molecule has 2 aromatic heterocycles. The number of alkyl halides is 3. The molecule has 0 radical (unpaired) electrons. The summed E-state index contributed by atoms with van der Waals surface area (Å²) in [6.07, 6.45) is -3.55. The number of nitrogens with zero attached hydrogens (tertiary/aromatic N) is 6. The number of carbonyl (C=O) groups is 1. The summed E-state index contributed by atoms with van der Waals surface area (Å²) in [7, 11) is 0. The Bertz CT molecular complexity index is 1190. The van der Waals surface area contributed by atoms with E-state index in [4.69, 9.17) is 9.15 Å². The number of ether oxygens (including phenoxy) is 1. The summed E-state index contributed by atoms with van der Waals surface area (Å²) in [5, 5.41) is 25.8. The number of hydrogen-bond acceptors (Lipinski definition) is 9. The molecule has 1 aliphatic rings. The van der Waals surface area contributed by atoms with Crippen molar-refractivity contribution in [2.24, 2.45) is 0 Å². The molecule has 0 amide bonds. The van der Waals surface area contributed by atoms with Gasteiger partial charge in [-0.1, -0.05) is 12.1 Å². The molecule has 9 nitrogen and oxygen atoms in total. The Morgan fingerprint density at radius 1 is 1.12 bits per heavy atom. The maximum absolute atomic E-state index is 12.9. The first-order chi connectivity index (χ1) is 16.2. The fraction of sp³-hybridized carbons (Fsp3) is 0.364. The molecule has 1 saturated heterocycles. The third-order valence-corrected chi connectivity index (χ3v) is 5.66. The van der Waals surface area contributed by atoms with Gasteiger partial charge in [0.05, 0.1) is 17.0 Å². The van der Waals surface area contributed by atoms with Crippen LogP contribution in [0.3, 0.4) is 0 Å². The van der Waals surface area contributed by atoms with Crippen LogP contribution in [-0.2, 0) is 27.7 Å². The fourth-order valence-electron chi connectivity index (χ4n) is 3.75. The van der Waals surface area contributed by atoms with E-state index in [1.807, 2.05) is 4.90 Å². The maximum Gasteiger partial charge on any atom is 0.416 e. The van der Waals surface area contributed by atoms with Crippen LogP contribution in [-0.4, -0.2) is 39.5 Å². The van der Waals surface area contributed by atoms with Crippen molar-refractivity contribution < 1.29 is 27.1 Å². The zero-order valence-corrected chi connectivity index (χ0v) is 18.0. The number of rotatable bonds is 5. The smallest absolute Gasteiger partial charge is 0.416 e. The van der Waals surface area contributed by atoms with Crippen LogP contribution in [0.4, 0.5) is 19.0 Å². The standard InChI is InChI=1S/C22H19F3N6O3/c1-14(32)33-12-19-29-30-20(34-19)17-6-7-18(28-27-17)31-10-8-21(13-26,9-11-31)15-2-4-16(5-3-15)22(23,24)25/h2-7H,8-12H2,1H3. The minimum Gasteiger partial charge on any atom is -0.456 e. The number of carbonyl (C=O) groups excluding carboxylic acids is 1. The molecule has 0 saturated carbocycles. The molecule has 1 aromatic carbocycles. The first-order valence-electron chi connectivity index (χ1n) is 10.3. The molecule has 1 aliphatic heterocycles. The molecule has 1 fully saturated rings. The van der Waals surface area contributed by atoms with E-state index in [9.17, 15) is 23.2 Å². The van der Waals surface area contributed by atoms with Gasteiger partial charge >= 0.3 is 12.1 Å². The van der Waals surface area contributed by atoms with Crippen LogP contribution in [0.5, 0.6) is 0 Å². The van der Waals surface area contributed by atoms with Crippen molar-refractivity contribution in [3.8, 4) is 17.7 Å². The summed E-state index contributed by atoms with van der Waals surface area (Å²) >= 11 is 0. The number of nitriles is 1. The van der Waals surface area contributed by atoms with Gasteiger partial charge in [0.1, 0.15) is 5.69 Å². The van der Waals surface area contributed by atoms with Gasteiger partial charge in [-0.25, -0.2) is 0 Å². The number of benzene rings is 1. The summed E-state index contributed by atoms with van der Waals surface area (Å²) in [4.78, 5) is 12.8. The minimum absolute atomic E-state index is 0.128. The third-order valence-electron chi connectivity index (χ3n) is 5.66. The normalized spacial score (nSPS) is 15.6. The fourth-order valence-corrected chi connectivity index (χ4v) is 3.75. The van der Waals surface area contributed by atoms with E-state index in [-0.39, 0.29) is 18.4 Å². The van der Waals surface area contributed by atoms with E-state index in [0.29, 0.717) is 43.0 Å². The lowest BCUT2D eigenvalue weighted by Crippen LogP contribution is -2.42. The first kappa shape index (κ1) is 23.2. The van der Waals surface area contributed by atoms with Gasteiger partial charge in [-0.05, 0) is 42.7 Å². The molecule has 0 bridgehead atoms. The van der Waals surface area contributed by atoms with Crippen molar-refractivity contribution in [3.63, 3.8) is 0 Å². The van der Waals surface area contributed by atoms with Crippen LogP contribution in [0, 0.1) is 11.3 Å². The molecule has 34 heavy (non-hydrogen) atoms. The van der Waals surface area contributed by atoms with Crippen LogP contribution in [0.25, 0.3) is 11.6 Å². The summed E-state index contributed by atoms with van der Waals surface area (Å²) < 4.78 is 48.8. The van der Waals surface area contributed by atoms with E-state index < -0.39 is 23.1 Å². The topological polar surface area (TPSA) is 118 Å². The average molecular weight is 472 g/mol. The maximum atomic E-state index is 12.9. The summed E-state index contributed by atoms with van der Waals surface area (Å²) in [6, 6.07) is 10.5. The van der Waals surface area contributed by atoms with Crippen molar-refractivity contribution >= 4 is 11.8 Å². The lowest BCUT2D eigenvalue weighted by Gasteiger charge is -2.38.